The van der Waals surface area contributed by atoms with Gasteiger partial charge in [-0.05, 0) is 37.3 Å². The van der Waals surface area contributed by atoms with Gasteiger partial charge in [0.1, 0.15) is 0 Å². The minimum Gasteiger partial charge on any atom is -0.489 e. The van der Waals surface area contributed by atoms with Crippen molar-refractivity contribution in [1.29, 1.82) is 0 Å². The summed E-state index contributed by atoms with van der Waals surface area (Å²) < 4.78 is 28.9. The van der Waals surface area contributed by atoms with E-state index in [0.29, 0.717) is 30.5 Å². The van der Waals surface area contributed by atoms with Crippen LogP contribution in [-0.2, 0) is 14.6 Å². The second kappa shape index (κ2) is 7.51. The molecule has 1 amide bonds. The van der Waals surface area contributed by atoms with Crippen molar-refractivity contribution in [2.24, 2.45) is 11.8 Å². The highest BCUT2D eigenvalue weighted by molar-refractivity contribution is 7.91. The number of hydrogen-bond acceptors (Lipinski definition) is 5. The van der Waals surface area contributed by atoms with Gasteiger partial charge in [-0.25, -0.2) is 13.4 Å². The van der Waals surface area contributed by atoms with Crippen LogP contribution in [0.15, 0.2) is 18.3 Å². The monoisotopic (exact) mass is 352 g/mol. The van der Waals surface area contributed by atoms with Crippen molar-refractivity contribution in [3.8, 4) is 5.75 Å². The summed E-state index contributed by atoms with van der Waals surface area (Å²) in [4.78, 5) is 16.5. The Hall–Kier alpha value is -1.63. The highest BCUT2D eigenvalue weighted by Gasteiger charge is 2.33. The number of nitrogens with one attached hydrogen (secondary N) is 1. The predicted octanol–water partition coefficient (Wildman–Crippen LogP) is 2.41. The van der Waals surface area contributed by atoms with Gasteiger partial charge in [0.05, 0.1) is 24.0 Å². The number of pyridine rings is 1. The van der Waals surface area contributed by atoms with E-state index in [0.717, 1.165) is 0 Å². The molecule has 1 aromatic rings. The summed E-state index contributed by atoms with van der Waals surface area (Å²) >= 11 is 0. The maximum Gasteiger partial charge on any atom is 0.229 e. The summed E-state index contributed by atoms with van der Waals surface area (Å²) in [5, 5.41) is 2.74. The molecule has 2 fully saturated rings. The Morgan fingerprint density at radius 3 is 2.75 bits per heavy atom. The Labute approximate surface area is 142 Å². The number of hydrogen-bond donors (Lipinski definition) is 1. The van der Waals surface area contributed by atoms with E-state index in [-0.39, 0.29) is 17.4 Å². The first kappa shape index (κ1) is 17.2. The standard InChI is InChI=1S/C17H24N2O4S/c20-17(14-8-10-24(21,22)12-14)19-16-15(7-4-9-18-16)23-11-13-5-2-1-3-6-13/h4,7,9,13-14H,1-3,5-6,8,10-12H2,(H,18,19,20). The molecular weight excluding hydrogens is 328 g/mol. The maximum atomic E-state index is 12.3. The number of sulfone groups is 1. The van der Waals surface area contributed by atoms with E-state index in [4.69, 9.17) is 4.74 Å². The average molecular weight is 352 g/mol. The fourth-order valence-electron chi connectivity index (χ4n) is 3.38. The maximum absolute atomic E-state index is 12.3. The lowest BCUT2D eigenvalue weighted by Crippen LogP contribution is -2.25. The van der Waals surface area contributed by atoms with Gasteiger partial charge < -0.3 is 10.1 Å². The summed E-state index contributed by atoms with van der Waals surface area (Å²) in [6.07, 6.45) is 8.13. The Kier molecular flexibility index (Phi) is 5.38. The molecular formula is C17H24N2O4S. The second-order valence-electron chi connectivity index (χ2n) is 6.75. The van der Waals surface area contributed by atoms with Gasteiger partial charge in [0.2, 0.25) is 5.91 Å². The van der Waals surface area contributed by atoms with E-state index < -0.39 is 15.8 Å². The van der Waals surface area contributed by atoms with Crippen molar-refractivity contribution in [3.63, 3.8) is 0 Å². The molecule has 1 aromatic heterocycles. The van der Waals surface area contributed by atoms with Crippen LogP contribution in [0.4, 0.5) is 5.82 Å². The van der Waals surface area contributed by atoms with Gasteiger partial charge in [0.25, 0.3) is 0 Å². The number of anilines is 1. The van der Waals surface area contributed by atoms with Crippen LogP contribution in [0.3, 0.4) is 0 Å². The summed E-state index contributed by atoms with van der Waals surface area (Å²) in [6.45, 7) is 0.631. The van der Waals surface area contributed by atoms with Crippen molar-refractivity contribution < 1.29 is 17.9 Å². The van der Waals surface area contributed by atoms with Crippen LogP contribution in [0.5, 0.6) is 5.75 Å². The van der Waals surface area contributed by atoms with Crippen molar-refractivity contribution in [2.75, 3.05) is 23.4 Å². The van der Waals surface area contributed by atoms with Crippen LogP contribution < -0.4 is 10.1 Å². The number of carbonyl (C=O) groups is 1. The fourth-order valence-corrected chi connectivity index (χ4v) is 5.12. The molecule has 0 spiro atoms. The molecule has 6 nitrogen and oxygen atoms in total. The minimum absolute atomic E-state index is 0.0794. The molecule has 1 aliphatic heterocycles. The Morgan fingerprint density at radius 2 is 2.04 bits per heavy atom. The zero-order valence-corrected chi connectivity index (χ0v) is 14.6. The summed E-state index contributed by atoms with van der Waals surface area (Å²) in [5.41, 5.74) is 0. The van der Waals surface area contributed by atoms with Crippen LogP contribution in [0.2, 0.25) is 0 Å². The fraction of sp³-hybridized carbons (Fsp3) is 0.647. The molecule has 1 aliphatic carbocycles. The number of carbonyl (C=O) groups excluding carboxylic acids is 1. The molecule has 24 heavy (non-hydrogen) atoms. The third kappa shape index (κ3) is 4.47. The molecule has 0 aromatic carbocycles. The lowest BCUT2D eigenvalue weighted by Gasteiger charge is -2.22. The Bertz CT molecular complexity index is 684. The molecule has 1 saturated carbocycles. The summed E-state index contributed by atoms with van der Waals surface area (Å²) in [6, 6.07) is 3.56. The van der Waals surface area contributed by atoms with Gasteiger partial charge in [-0.15, -0.1) is 0 Å². The summed E-state index contributed by atoms with van der Waals surface area (Å²) in [7, 11) is -3.08. The zero-order valence-electron chi connectivity index (χ0n) is 13.7. The van der Waals surface area contributed by atoms with Crippen molar-refractivity contribution in [1.82, 2.24) is 4.98 Å². The SMILES string of the molecule is O=C(Nc1ncccc1OCC1CCCCC1)C1CCS(=O)(=O)C1. The Morgan fingerprint density at radius 1 is 1.25 bits per heavy atom. The average Bonchev–Trinajstić information content (AvgIpc) is 2.95. The van der Waals surface area contributed by atoms with Gasteiger partial charge in [-0.3, -0.25) is 4.79 Å². The molecule has 2 heterocycles. The lowest BCUT2D eigenvalue weighted by atomic mass is 9.90. The van der Waals surface area contributed by atoms with E-state index in [9.17, 15) is 13.2 Å². The predicted molar refractivity (Wildman–Crippen MR) is 91.7 cm³/mol. The van der Waals surface area contributed by atoms with Gasteiger partial charge in [-0.1, -0.05) is 19.3 Å². The molecule has 1 unspecified atom stereocenters. The van der Waals surface area contributed by atoms with Crippen molar-refractivity contribution in [3.05, 3.63) is 18.3 Å². The number of nitrogens with zero attached hydrogens (tertiary/aromatic N) is 1. The number of amides is 1. The van der Waals surface area contributed by atoms with E-state index in [1.54, 1.807) is 18.3 Å². The molecule has 1 N–H and O–H groups in total. The van der Waals surface area contributed by atoms with Gasteiger partial charge in [0, 0.05) is 6.20 Å². The molecule has 132 valence electrons. The lowest BCUT2D eigenvalue weighted by molar-refractivity contribution is -0.119. The van der Waals surface area contributed by atoms with Crippen molar-refractivity contribution >= 4 is 21.6 Å². The number of rotatable bonds is 5. The molecule has 2 aliphatic rings. The molecule has 1 saturated heterocycles. The molecule has 0 bridgehead atoms. The van der Waals surface area contributed by atoms with Gasteiger partial charge in [0.15, 0.2) is 21.4 Å². The normalized spacial score (nSPS) is 23.8. The third-order valence-electron chi connectivity index (χ3n) is 4.81. The zero-order chi connectivity index (χ0) is 17.0. The first-order chi connectivity index (χ1) is 11.5. The molecule has 1 atom stereocenters. The van der Waals surface area contributed by atoms with E-state index in [1.165, 1.54) is 32.1 Å². The molecule has 3 rings (SSSR count). The number of ether oxygens (including phenoxy) is 1. The number of aromatic nitrogens is 1. The smallest absolute Gasteiger partial charge is 0.229 e. The Balaban J connectivity index is 1.60. The highest BCUT2D eigenvalue weighted by atomic mass is 32.2. The quantitative estimate of drug-likeness (QED) is 0.879. The highest BCUT2D eigenvalue weighted by Crippen LogP contribution is 2.28. The molecule has 7 heteroatoms. The first-order valence-electron chi connectivity index (χ1n) is 8.62. The van der Waals surface area contributed by atoms with E-state index in [2.05, 4.69) is 10.3 Å². The minimum atomic E-state index is -3.08. The third-order valence-corrected chi connectivity index (χ3v) is 6.58. The van der Waals surface area contributed by atoms with E-state index in [1.807, 2.05) is 0 Å². The molecule has 0 radical (unpaired) electrons. The van der Waals surface area contributed by atoms with Crippen LogP contribution in [0.25, 0.3) is 0 Å². The summed E-state index contributed by atoms with van der Waals surface area (Å²) in [5.74, 6) is 0.699. The van der Waals surface area contributed by atoms with Gasteiger partial charge in [-0.2, -0.15) is 0 Å². The second-order valence-corrected chi connectivity index (χ2v) is 8.98. The van der Waals surface area contributed by atoms with Crippen LogP contribution >= 0.6 is 0 Å². The first-order valence-corrected chi connectivity index (χ1v) is 10.4. The topological polar surface area (TPSA) is 85.4 Å². The largest absolute Gasteiger partial charge is 0.489 e. The van der Waals surface area contributed by atoms with Crippen LogP contribution in [0, 0.1) is 11.8 Å². The van der Waals surface area contributed by atoms with E-state index >= 15 is 0 Å². The van der Waals surface area contributed by atoms with Gasteiger partial charge >= 0.3 is 0 Å². The van der Waals surface area contributed by atoms with Crippen LogP contribution in [-0.4, -0.2) is 37.4 Å². The van der Waals surface area contributed by atoms with Crippen molar-refractivity contribution in [2.45, 2.75) is 38.5 Å². The van der Waals surface area contributed by atoms with Crippen LogP contribution in [0.1, 0.15) is 38.5 Å².